The summed E-state index contributed by atoms with van der Waals surface area (Å²) in [5, 5.41) is 2.75. The molecule has 82 valence electrons. The molecule has 4 heteroatoms. The van der Waals surface area contributed by atoms with Crippen molar-refractivity contribution in [3.8, 4) is 0 Å². The first kappa shape index (κ1) is 13.4. The molecule has 0 saturated heterocycles. The average Bonchev–Trinajstić information content (AvgIpc) is 1.95. The predicted molar refractivity (Wildman–Crippen MR) is 61.1 cm³/mol. The van der Waals surface area contributed by atoms with Crippen molar-refractivity contribution in [2.75, 3.05) is 6.54 Å². The fourth-order valence-electron chi connectivity index (χ4n) is 1.14. The normalized spacial score (nSPS) is 11.1. The molecule has 1 amide bonds. The summed E-state index contributed by atoms with van der Waals surface area (Å²) in [7, 11) is -0.979. The van der Waals surface area contributed by atoms with Gasteiger partial charge in [0, 0.05) is 14.6 Å². The lowest BCUT2D eigenvalue weighted by atomic mass is 10.3. The van der Waals surface area contributed by atoms with E-state index < -0.39 is 8.07 Å². The average molecular weight is 215 g/mol. The SMILES string of the molecule is CC(=O)CC(=O)NCCC[Si](C)(C)C. The van der Waals surface area contributed by atoms with Gasteiger partial charge in [-0.05, 0) is 13.3 Å². The number of amides is 1. The second-order valence-electron chi connectivity index (χ2n) is 4.89. The number of hydrogen-bond donors (Lipinski definition) is 1. The molecule has 1 N–H and O–H groups in total. The fourth-order valence-corrected chi connectivity index (χ4v) is 2.37. The molecule has 0 aliphatic carbocycles. The third-order valence-electron chi connectivity index (χ3n) is 1.84. The van der Waals surface area contributed by atoms with Crippen LogP contribution in [0.15, 0.2) is 0 Å². The van der Waals surface area contributed by atoms with Crippen molar-refractivity contribution >= 4 is 19.8 Å². The molecule has 0 radical (unpaired) electrons. The van der Waals surface area contributed by atoms with E-state index in [9.17, 15) is 9.59 Å². The van der Waals surface area contributed by atoms with Crippen LogP contribution in [-0.2, 0) is 9.59 Å². The monoisotopic (exact) mass is 215 g/mol. The van der Waals surface area contributed by atoms with E-state index in [2.05, 4.69) is 25.0 Å². The number of carbonyl (C=O) groups excluding carboxylic acids is 2. The first-order chi connectivity index (χ1) is 6.31. The molecule has 0 aromatic heterocycles. The van der Waals surface area contributed by atoms with E-state index in [1.807, 2.05) is 0 Å². The molecule has 0 aliphatic rings. The Morgan fingerprint density at radius 1 is 1.21 bits per heavy atom. The second-order valence-corrected chi connectivity index (χ2v) is 10.5. The lowest BCUT2D eigenvalue weighted by Crippen LogP contribution is -2.28. The minimum Gasteiger partial charge on any atom is -0.356 e. The highest BCUT2D eigenvalue weighted by atomic mass is 28.3. The van der Waals surface area contributed by atoms with Gasteiger partial charge in [-0.25, -0.2) is 0 Å². The van der Waals surface area contributed by atoms with Crippen molar-refractivity contribution < 1.29 is 9.59 Å². The molecule has 0 fully saturated rings. The minimum absolute atomic E-state index is 0.0208. The van der Waals surface area contributed by atoms with E-state index in [1.54, 1.807) is 0 Å². The summed E-state index contributed by atoms with van der Waals surface area (Å²) in [4.78, 5) is 21.6. The van der Waals surface area contributed by atoms with E-state index in [0.29, 0.717) is 6.54 Å². The molecule has 0 rings (SSSR count). The molecule has 0 heterocycles. The van der Waals surface area contributed by atoms with Crippen molar-refractivity contribution in [1.29, 1.82) is 0 Å². The van der Waals surface area contributed by atoms with E-state index >= 15 is 0 Å². The minimum atomic E-state index is -0.979. The molecule has 0 spiro atoms. The Kier molecular flexibility index (Phi) is 5.68. The van der Waals surface area contributed by atoms with Gasteiger partial charge in [-0.3, -0.25) is 9.59 Å². The summed E-state index contributed by atoms with van der Waals surface area (Å²) in [5.41, 5.74) is 0. The Morgan fingerprint density at radius 3 is 2.21 bits per heavy atom. The zero-order chi connectivity index (χ0) is 11.2. The summed E-state index contributed by atoms with van der Waals surface area (Å²) in [6, 6.07) is 1.22. The van der Waals surface area contributed by atoms with Crippen LogP contribution in [0.25, 0.3) is 0 Å². The standard InChI is InChI=1S/C10H21NO2Si/c1-9(12)8-10(13)11-6-5-7-14(2,3)4/h5-8H2,1-4H3,(H,11,13). The molecule has 0 aromatic rings. The van der Waals surface area contributed by atoms with Crippen LogP contribution in [0.3, 0.4) is 0 Å². The Hall–Kier alpha value is -0.643. The summed E-state index contributed by atoms with van der Waals surface area (Å²) >= 11 is 0. The molecular weight excluding hydrogens is 194 g/mol. The first-order valence-electron chi connectivity index (χ1n) is 5.07. The molecule has 0 saturated carbocycles. The molecular formula is C10H21NO2Si. The zero-order valence-corrected chi connectivity index (χ0v) is 10.6. The van der Waals surface area contributed by atoms with Gasteiger partial charge >= 0.3 is 0 Å². The highest BCUT2D eigenvalue weighted by molar-refractivity contribution is 6.76. The summed E-state index contributed by atoms with van der Waals surface area (Å²) in [6.45, 7) is 9.07. The lowest BCUT2D eigenvalue weighted by molar-refractivity contribution is -0.127. The van der Waals surface area contributed by atoms with Crippen LogP contribution < -0.4 is 5.32 Å². The quantitative estimate of drug-likeness (QED) is 0.417. The van der Waals surface area contributed by atoms with Crippen LogP contribution in [0.2, 0.25) is 25.7 Å². The van der Waals surface area contributed by atoms with Gasteiger partial charge in [-0.2, -0.15) is 0 Å². The number of carbonyl (C=O) groups is 2. The van der Waals surface area contributed by atoms with Gasteiger partial charge in [0.1, 0.15) is 5.78 Å². The first-order valence-corrected chi connectivity index (χ1v) is 8.78. The molecule has 0 atom stereocenters. The molecule has 0 bridgehead atoms. The lowest BCUT2D eigenvalue weighted by Gasteiger charge is -2.15. The van der Waals surface area contributed by atoms with Gasteiger partial charge in [0.25, 0.3) is 0 Å². The Bertz CT molecular complexity index is 209. The number of rotatable bonds is 6. The number of hydrogen-bond acceptors (Lipinski definition) is 2. The van der Waals surface area contributed by atoms with Gasteiger partial charge in [-0.1, -0.05) is 25.7 Å². The van der Waals surface area contributed by atoms with Gasteiger partial charge in [0.15, 0.2) is 0 Å². The van der Waals surface area contributed by atoms with E-state index in [1.165, 1.54) is 13.0 Å². The summed E-state index contributed by atoms with van der Waals surface area (Å²) in [5.74, 6) is -0.222. The third-order valence-corrected chi connectivity index (χ3v) is 3.69. The van der Waals surface area contributed by atoms with Crippen molar-refractivity contribution in [2.45, 2.75) is 45.5 Å². The maximum atomic E-state index is 11.1. The van der Waals surface area contributed by atoms with E-state index in [0.717, 1.165) is 6.42 Å². The van der Waals surface area contributed by atoms with Crippen LogP contribution in [0, 0.1) is 0 Å². The van der Waals surface area contributed by atoms with Gasteiger partial charge in [-0.15, -0.1) is 0 Å². The van der Waals surface area contributed by atoms with Crippen LogP contribution in [-0.4, -0.2) is 26.3 Å². The van der Waals surface area contributed by atoms with Gasteiger partial charge in [0.2, 0.25) is 5.91 Å². The molecule has 0 unspecified atom stereocenters. The highest BCUT2D eigenvalue weighted by Gasteiger charge is 2.12. The van der Waals surface area contributed by atoms with Gasteiger partial charge < -0.3 is 5.32 Å². The van der Waals surface area contributed by atoms with Crippen LogP contribution in [0.4, 0.5) is 0 Å². The van der Waals surface area contributed by atoms with Crippen molar-refractivity contribution in [2.24, 2.45) is 0 Å². The number of nitrogens with one attached hydrogen (secondary N) is 1. The van der Waals surface area contributed by atoms with Crippen LogP contribution >= 0.6 is 0 Å². The zero-order valence-electron chi connectivity index (χ0n) is 9.64. The Balaban J connectivity index is 3.46. The van der Waals surface area contributed by atoms with Crippen molar-refractivity contribution in [3.63, 3.8) is 0 Å². The van der Waals surface area contributed by atoms with Gasteiger partial charge in [0.05, 0.1) is 6.42 Å². The highest BCUT2D eigenvalue weighted by Crippen LogP contribution is 2.09. The van der Waals surface area contributed by atoms with Crippen LogP contribution in [0.5, 0.6) is 0 Å². The molecule has 0 aliphatic heterocycles. The molecule has 0 aromatic carbocycles. The fraction of sp³-hybridized carbons (Fsp3) is 0.800. The third kappa shape index (κ3) is 9.44. The Labute approximate surface area is 87.3 Å². The summed E-state index contributed by atoms with van der Waals surface area (Å²) in [6.07, 6.45) is 1.05. The largest absolute Gasteiger partial charge is 0.356 e. The number of ketones is 1. The predicted octanol–water partition coefficient (Wildman–Crippen LogP) is 1.81. The number of Topliss-reactive ketones (excluding diaryl/α,β-unsaturated/α-hetero) is 1. The second kappa shape index (κ2) is 5.96. The van der Waals surface area contributed by atoms with E-state index in [4.69, 9.17) is 0 Å². The topological polar surface area (TPSA) is 46.2 Å². The summed E-state index contributed by atoms with van der Waals surface area (Å²) < 4.78 is 0. The molecule has 3 nitrogen and oxygen atoms in total. The van der Waals surface area contributed by atoms with Crippen molar-refractivity contribution in [1.82, 2.24) is 5.32 Å². The Morgan fingerprint density at radius 2 is 1.79 bits per heavy atom. The maximum Gasteiger partial charge on any atom is 0.227 e. The van der Waals surface area contributed by atoms with Crippen LogP contribution in [0.1, 0.15) is 19.8 Å². The van der Waals surface area contributed by atoms with Crippen molar-refractivity contribution in [3.05, 3.63) is 0 Å². The maximum absolute atomic E-state index is 11.1. The molecule has 14 heavy (non-hydrogen) atoms. The van der Waals surface area contributed by atoms with E-state index in [-0.39, 0.29) is 18.1 Å². The smallest absolute Gasteiger partial charge is 0.227 e.